The summed E-state index contributed by atoms with van der Waals surface area (Å²) < 4.78 is 12.9. The molecule has 1 aromatic heterocycles. The van der Waals surface area contributed by atoms with Gasteiger partial charge >= 0.3 is 5.69 Å². The molecule has 1 aliphatic rings. The summed E-state index contributed by atoms with van der Waals surface area (Å²) in [5.74, 6) is -0.0503. The molecule has 2 heterocycles. The van der Waals surface area contributed by atoms with Crippen molar-refractivity contribution in [3.8, 4) is 0 Å². The highest BCUT2D eigenvalue weighted by Crippen LogP contribution is 2.35. The fourth-order valence-corrected chi connectivity index (χ4v) is 2.55. The maximum absolute atomic E-state index is 12.0. The Morgan fingerprint density at radius 2 is 2.19 bits per heavy atom. The molecule has 7 heteroatoms. The zero-order valence-electron chi connectivity index (χ0n) is 12.5. The Hall–Kier alpha value is -1.44. The number of aliphatic hydroxyl groups excluding tert-OH is 1. The quantitative estimate of drug-likeness (QED) is 0.808. The summed E-state index contributed by atoms with van der Waals surface area (Å²) in [6.45, 7) is 5.95. The summed E-state index contributed by atoms with van der Waals surface area (Å²) >= 11 is 0. The van der Waals surface area contributed by atoms with Crippen LogP contribution in [0.3, 0.4) is 0 Å². The lowest BCUT2D eigenvalue weighted by Crippen LogP contribution is -2.38. The molecule has 1 fully saturated rings. The van der Waals surface area contributed by atoms with Crippen LogP contribution >= 0.6 is 0 Å². The van der Waals surface area contributed by atoms with E-state index in [-0.39, 0.29) is 18.6 Å². The van der Waals surface area contributed by atoms with Crippen LogP contribution in [-0.4, -0.2) is 40.1 Å². The second kappa shape index (κ2) is 6.55. The van der Waals surface area contributed by atoms with Crippen LogP contribution in [0.2, 0.25) is 0 Å². The minimum atomic E-state index is -0.647. The Balaban J connectivity index is 2.37. The van der Waals surface area contributed by atoms with Gasteiger partial charge in [-0.15, -0.1) is 0 Å². The number of ether oxygens (including phenoxy) is 2. The Morgan fingerprint density at radius 1 is 1.48 bits per heavy atom. The van der Waals surface area contributed by atoms with Gasteiger partial charge in [-0.3, -0.25) is 14.3 Å². The van der Waals surface area contributed by atoms with Gasteiger partial charge in [0, 0.05) is 24.3 Å². The highest BCUT2D eigenvalue weighted by molar-refractivity contribution is 5.03. The van der Waals surface area contributed by atoms with Gasteiger partial charge in [0.05, 0.1) is 12.7 Å². The van der Waals surface area contributed by atoms with E-state index in [1.807, 2.05) is 13.8 Å². The van der Waals surface area contributed by atoms with E-state index in [1.54, 1.807) is 6.92 Å². The molecule has 1 saturated heterocycles. The Bertz CT molecular complexity index is 594. The highest BCUT2D eigenvalue weighted by atomic mass is 16.6. The van der Waals surface area contributed by atoms with Gasteiger partial charge in [0.2, 0.25) is 0 Å². The lowest BCUT2D eigenvalue weighted by atomic mass is 10.0. The van der Waals surface area contributed by atoms with E-state index >= 15 is 0 Å². The molecule has 2 N–H and O–H groups in total. The van der Waals surface area contributed by atoms with Crippen LogP contribution in [0.25, 0.3) is 0 Å². The third-order valence-corrected chi connectivity index (χ3v) is 3.81. The molecule has 0 aliphatic carbocycles. The molecule has 118 valence electrons. The van der Waals surface area contributed by atoms with Gasteiger partial charge in [-0.25, -0.2) is 4.79 Å². The minimum absolute atomic E-state index is 0.0503. The number of aliphatic hydroxyl groups is 1. The topological polar surface area (TPSA) is 93.5 Å². The largest absolute Gasteiger partial charge is 0.394 e. The van der Waals surface area contributed by atoms with Crippen molar-refractivity contribution in [2.45, 2.75) is 45.6 Å². The molecule has 0 amide bonds. The van der Waals surface area contributed by atoms with Crippen molar-refractivity contribution in [3.05, 3.63) is 32.6 Å². The van der Waals surface area contributed by atoms with E-state index in [0.717, 1.165) is 6.42 Å². The van der Waals surface area contributed by atoms with Gasteiger partial charge in [0.15, 0.2) is 6.23 Å². The van der Waals surface area contributed by atoms with Crippen molar-refractivity contribution in [3.63, 3.8) is 0 Å². The molecule has 0 bridgehead atoms. The van der Waals surface area contributed by atoms with Crippen molar-refractivity contribution in [2.24, 2.45) is 5.92 Å². The highest BCUT2D eigenvalue weighted by Gasteiger charge is 2.43. The summed E-state index contributed by atoms with van der Waals surface area (Å²) in [6.07, 6.45) is 0.938. The number of nitrogens with one attached hydrogen (secondary N) is 1. The van der Waals surface area contributed by atoms with Crippen LogP contribution in [0.1, 0.15) is 32.1 Å². The molecular weight excluding hydrogens is 276 g/mol. The van der Waals surface area contributed by atoms with Crippen molar-refractivity contribution in [2.75, 3.05) is 13.2 Å². The predicted molar refractivity (Wildman–Crippen MR) is 76.3 cm³/mol. The summed E-state index contributed by atoms with van der Waals surface area (Å²) in [7, 11) is 0. The molecule has 0 aromatic carbocycles. The molecule has 0 radical (unpaired) electrons. The van der Waals surface area contributed by atoms with Gasteiger partial charge in [0.25, 0.3) is 5.56 Å². The first-order valence-electron chi connectivity index (χ1n) is 7.19. The summed E-state index contributed by atoms with van der Waals surface area (Å²) in [6, 6.07) is 0. The molecule has 1 aromatic rings. The van der Waals surface area contributed by atoms with E-state index in [9.17, 15) is 14.7 Å². The van der Waals surface area contributed by atoms with Crippen molar-refractivity contribution in [1.29, 1.82) is 0 Å². The van der Waals surface area contributed by atoms with Gasteiger partial charge in [0.1, 0.15) is 6.10 Å². The van der Waals surface area contributed by atoms with Crippen LogP contribution in [0.15, 0.2) is 15.8 Å². The van der Waals surface area contributed by atoms with Crippen molar-refractivity contribution < 1.29 is 14.6 Å². The normalized spacial score (nSPS) is 29.0. The van der Waals surface area contributed by atoms with Crippen molar-refractivity contribution in [1.82, 2.24) is 9.55 Å². The first-order chi connectivity index (χ1) is 9.99. The van der Waals surface area contributed by atoms with Gasteiger partial charge in [-0.1, -0.05) is 13.8 Å². The van der Waals surface area contributed by atoms with Crippen LogP contribution < -0.4 is 11.2 Å². The molecule has 0 saturated carbocycles. The van der Waals surface area contributed by atoms with Gasteiger partial charge < -0.3 is 14.6 Å². The van der Waals surface area contributed by atoms with Crippen LogP contribution in [-0.2, 0) is 9.47 Å². The molecule has 21 heavy (non-hydrogen) atoms. The Labute approximate surface area is 122 Å². The molecule has 4 atom stereocenters. The zero-order valence-corrected chi connectivity index (χ0v) is 12.5. The third kappa shape index (κ3) is 3.09. The number of hydrogen-bond donors (Lipinski definition) is 2. The maximum atomic E-state index is 12.0. The lowest BCUT2D eigenvalue weighted by Gasteiger charge is -2.23. The molecule has 7 nitrogen and oxygen atoms in total. The zero-order chi connectivity index (χ0) is 15.6. The Morgan fingerprint density at radius 3 is 2.81 bits per heavy atom. The maximum Gasteiger partial charge on any atom is 0.330 e. The van der Waals surface area contributed by atoms with Crippen LogP contribution in [0, 0.1) is 12.8 Å². The number of aromatic nitrogens is 2. The first-order valence-corrected chi connectivity index (χ1v) is 7.19. The monoisotopic (exact) mass is 298 g/mol. The number of aromatic amines is 1. The predicted octanol–water partition coefficient (Wildman–Crippen LogP) is 0.166. The second-order valence-electron chi connectivity index (χ2n) is 5.42. The van der Waals surface area contributed by atoms with Crippen molar-refractivity contribution >= 4 is 0 Å². The lowest BCUT2D eigenvalue weighted by molar-refractivity contribution is -0.0730. The average Bonchev–Trinajstić information content (AvgIpc) is 2.77. The fourth-order valence-electron chi connectivity index (χ4n) is 2.55. The molecule has 1 unspecified atom stereocenters. The number of rotatable bonds is 5. The number of hydrogen-bond acceptors (Lipinski definition) is 5. The summed E-state index contributed by atoms with van der Waals surface area (Å²) in [4.78, 5) is 25.7. The molecule has 0 spiro atoms. The summed E-state index contributed by atoms with van der Waals surface area (Å²) in [5.41, 5.74) is -0.522. The first kappa shape index (κ1) is 15.9. The number of nitrogens with zero attached hydrogens (tertiary/aromatic N) is 1. The van der Waals surface area contributed by atoms with E-state index in [2.05, 4.69) is 4.98 Å². The third-order valence-electron chi connectivity index (χ3n) is 3.81. The van der Waals surface area contributed by atoms with Crippen LogP contribution in [0.5, 0.6) is 0 Å². The Kier molecular flexibility index (Phi) is 4.97. The van der Waals surface area contributed by atoms with E-state index in [4.69, 9.17) is 9.47 Å². The van der Waals surface area contributed by atoms with Crippen LogP contribution in [0.4, 0.5) is 0 Å². The number of H-pyrrole nitrogens is 1. The van der Waals surface area contributed by atoms with E-state index < -0.39 is 23.6 Å². The standard InChI is InChI=1S/C14H22N2O5/c1-4-5-20-11-9(3)10(7-17)21-13(11)16-6-8(2)12(18)15-14(16)19/h6,9-11,13,17H,4-5,7H2,1-3H3,(H,15,18,19)/t9-,10+,11?,13-/m0/s1. The van der Waals surface area contributed by atoms with E-state index in [1.165, 1.54) is 10.8 Å². The summed E-state index contributed by atoms with van der Waals surface area (Å²) in [5, 5.41) is 9.39. The fraction of sp³-hybridized carbons (Fsp3) is 0.714. The van der Waals surface area contributed by atoms with E-state index in [0.29, 0.717) is 12.2 Å². The van der Waals surface area contributed by atoms with Gasteiger partial charge in [-0.05, 0) is 13.3 Å². The average molecular weight is 298 g/mol. The minimum Gasteiger partial charge on any atom is -0.394 e. The second-order valence-corrected chi connectivity index (χ2v) is 5.42. The smallest absolute Gasteiger partial charge is 0.330 e. The molecule has 1 aliphatic heterocycles. The SMILES string of the molecule is CCCOC1[C@@H](C)[C@@H](CO)O[C@@H]1n1cc(C)c(=O)[nH]c1=O. The molecular formula is C14H22N2O5. The number of aryl methyl sites for hydroxylation is 1. The van der Waals surface area contributed by atoms with Gasteiger partial charge in [-0.2, -0.15) is 0 Å². The molecule has 2 rings (SSSR count).